The molecule has 1 aromatic rings. The molecule has 0 bridgehead atoms. The van der Waals surface area contributed by atoms with E-state index in [0.29, 0.717) is 0 Å². The summed E-state index contributed by atoms with van der Waals surface area (Å²) >= 11 is 8.57. The lowest BCUT2D eigenvalue weighted by atomic mass is 10.0. The van der Waals surface area contributed by atoms with Gasteiger partial charge in [0.25, 0.3) is 0 Å². The van der Waals surface area contributed by atoms with Gasteiger partial charge in [-0.3, -0.25) is 4.79 Å². The topological polar surface area (TPSA) is 77.8 Å². The molecule has 1 aromatic carbocycles. The third-order valence-corrected chi connectivity index (χ3v) is 2.96. The SMILES string of the molecule is O=C(O)CC(O)C(O)c1c(F)cc(Cl)cc1Br. The van der Waals surface area contributed by atoms with Crippen molar-refractivity contribution in [2.75, 3.05) is 0 Å². The maximum atomic E-state index is 13.5. The van der Waals surface area contributed by atoms with Gasteiger partial charge in [0, 0.05) is 15.1 Å². The highest BCUT2D eigenvalue weighted by Crippen LogP contribution is 2.32. The standard InChI is InChI=1S/C10H9BrClFO4/c11-5-1-4(12)2-6(13)9(5)10(17)7(14)3-8(15)16/h1-2,7,10,14,17H,3H2,(H,15,16). The van der Waals surface area contributed by atoms with Crippen LogP contribution in [0.25, 0.3) is 0 Å². The molecule has 7 heteroatoms. The second kappa shape index (κ2) is 5.77. The van der Waals surface area contributed by atoms with Gasteiger partial charge in [0.2, 0.25) is 0 Å². The van der Waals surface area contributed by atoms with E-state index in [1.807, 2.05) is 0 Å². The van der Waals surface area contributed by atoms with Gasteiger partial charge in [0.05, 0.1) is 12.5 Å². The number of aliphatic carboxylic acids is 1. The van der Waals surface area contributed by atoms with E-state index in [0.717, 1.165) is 6.07 Å². The zero-order chi connectivity index (χ0) is 13.2. The van der Waals surface area contributed by atoms with Crippen molar-refractivity contribution >= 4 is 33.5 Å². The van der Waals surface area contributed by atoms with Crippen LogP contribution >= 0.6 is 27.5 Å². The van der Waals surface area contributed by atoms with E-state index in [1.165, 1.54) is 6.07 Å². The summed E-state index contributed by atoms with van der Waals surface area (Å²) in [6, 6.07) is 2.31. The molecule has 2 atom stereocenters. The molecule has 17 heavy (non-hydrogen) atoms. The van der Waals surface area contributed by atoms with Crippen molar-refractivity contribution in [1.82, 2.24) is 0 Å². The van der Waals surface area contributed by atoms with Gasteiger partial charge in [-0.2, -0.15) is 0 Å². The molecule has 0 aliphatic heterocycles. The molecule has 0 aliphatic rings. The van der Waals surface area contributed by atoms with Crippen molar-refractivity contribution in [2.24, 2.45) is 0 Å². The molecule has 0 aliphatic carbocycles. The van der Waals surface area contributed by atoms with Crippen molar-refractivity contribution in [3.8, 4) is 0 Å². The summed E-state index contributed by atoms with van der Waals surface area (Å²) in [7, 11) is 0. The fraction of sp³-hybridized carbons (Fsp3) is 0.300. The smallest absolute Gasteiger partial charge is 0.306 e. The molecule has 0 saturated heterocycles. The first-order chi connectivity index (χ1) is 7.82. The Hall–Kier alpha value is -0.690. The zero-order valence-corrected chi connectivity index (χ0v) is 10.7. The first kappa shape index (κ1) is 14.4. The van der Waals surface area contributed by atoms with Crippen molar-refractivity contribution in [2.45, 2.75) is 18.6 Å². The van der Waals surface area contributed by atoms with Crippen LogP contribution in [0.5, 0.6) is 0 Å². The van der Waals surface area contributed by atoms with Crippen LogP contribution in [0.15, 0.2) is 16.6 Å². The minimum absolute atomic E-state index is 0.123. The number of carbonyl (C=O) groups is 1. The van der Waals surface area contributed by atoms with Crippen LogP contribution in [-0.2, 0) is 4.79 Å². The average molecular weight is 328 g/mol. The number of benzene rings is 1. The normalized spacial score (nSPS) is 14.4. The van der Waals surface area contributed by atoms with Crippen LogP contribution in [0.1, 0.15) is 18.1 Å². The minimum Gasteiger partial charge on any atom is -0.481 e. The van der Waals surface area contributed by atoms with E-state index in [-0.39, 0.29) is 15.1 Å². The highest BCUT2D eigenvalue weighted by molar-refractivity contribution is 9.10. The van der Waals surface area contributed by atoms with Gasteiger partial charge >= 0.3 is 5.97 Å². The summed E-state index contributed by atoms with van der Waals surface area (Å²) in [5, 5.41) is 27.7. The number of halogens is 3. The quantitative estimate of drug-likeness (QED) is 0.791. The number of carboxylic acid groups (broad SMARTS) is 1. The van der Waals surface area contributed by atoms with Crippen molar-refractivity contribution in [3.05, 3.63) is 33.0 Å². The Labute approximate surface area is 110 Å². The highest BCUT2D eigenvalue weighted by Gasteiger charge is 2.26. The fourth-order valence-corrected chi connectivity index (χ4v) is 2.33. The summed E-state index contributed by atoms with van der Waals surface area (Å²) in [5.74, 6) is -2.11. The Morgan fingerprint density at radius 3 is 2.53 bits per heavy atom. The predicted molar refractivity (Wildman–Crippen MR) is 62.3 cm³/mol. The van der Waals surface area contributed by atoms with Crippen molar-refractivity contribution < 1.29 is 24.5 Å². The van der Waals surface area contributed by atoms with Crippen LogP contribution in [0.4, 0.5) is 4.39 Å². The molecule has 0 spiro atoms. The lowest BCUT2D eigenvalue weighted by Crippen LogP contribution is -2.23. The number of aliphatic hydroxyl groups is 2. The first-order valence-electron chi connectivity index (χ1n) is 4.55. The second-order valence-electron chi connectivity index (χ2n) is 3.39. The summed E-state index contributed by atoms with van der Waals surface area (Å²) in [6.07, 6.45) is -3.92. The van der Waals surface area contributed by atoms with E-state index in [1.54, 1.807) is 0 Å². The van der Waals surface area contributed by atoms with Crippen molar-refractivity contribution in [3.63, 3.8) is 0 Å². The fourth-order valence-electron chi connectivity index (χ4n) is 1.32. The average Bonchev–Trinajstić information content (AvgIpc) is 2.14. The number of aliphatic hydroxyl groups excluding tert-OH is 2. The molecule has 1 rings (SSSR count). The molecule has 4 nitrogen and oxygen atoms in total. The number of rotatable bonds is 4. The molecule has 0 aromatic heterocycles. The lowest BCUT2D eigenvalue weighted by Gasteiger charge is -2.18. The highest BCUT2D eigenvalue weighted by atomic mass is 79.9. The van der Waals surface area contributed by atoms with E-state index in [4.69, 9.17) is 16.7 Å². The molecule has 0 amide bonds. The van der Waals surface area contributed by atoms with Gasteiger partial charge in [0.15, 0.2) is 0 Å². The van der Waals surface area contributed by atoms with Gasteiger partial charge in [-0.05, 0) is 12.1 Å². The lowest BCUT2D eigenvalue weighted by molar-refractivity contribution is -0.141. The summed E-state index contributed by atoms with van der Waals surface area (Å²) in [5.41, 5.74) is -0.219. The number of carboxylic acids is 1. The molecule has 0 heterocycles. The number of hydrogen-bond donors (Lipinski definition) is 3. The van der Waals surface area contributed by atoms with E-state index in [2.05, 4.69) is 15.9 Å². The Morgan fingerprint density at radius 2 is 2.06 bits per heavy atom. The Kier molecular flexibility index (Phi) is 4.88. The van der Waals surface area contributed by atoms with Gasteiger partial charge in [-0.15, -0.1) is 0 Å². The Morgan fingerprint density at radius 1 is 1.47 bits per heavy atom. The largest absolute Gasteiger partial charge is 0.481 e. The maximum absolute atomic E-state index is 13.5. The molecule has 0 saturated carbocycles. The first-order valence-corrected chi connectivity index (χ1v) is 5.72. The Bertz CT molecular complexity index is 417. The molecule has 2 unspecified atom stereocenters. The van der Waals surface area contributed by atoms with E-state index >= 15 is 0 Å². The third-order valence-electron chi connectivity index (χ3n) is 2.09. The summed E-state index contributed by atoms with van der Waals surface area (Å²) in [6.45, 7) is 0. The van der Waals surface area contributed by atoms with Crippen LogP contribution in [0.3, 0.4) is 0 Å². The second-order valence-corrected chi connectivity index (χ2v) is 4.68. The summed E-state index contributed by atoms with van der Waals surface area (Å²) < 4.78 is 13.7. The van der Waals surface area contributed by atoms with Gasteiger partial charge in [-0.25, -0.2) is 4.39 Å². The molecule has 0 radical (unpaired) electrons. The summed E-state index contributed by atoms with van der Waals surface area (Å²) in [4.78, 5) is 10.4. The Balaban J connectivity index is 3.03. The van der Waals surface area contributed by atoms with Crippen LogP contribution in [-0.4, -0.2) is 27.4 Å². The molecule has 3 N–H and O–H groups in total. The zero-order valence-electron chi connectivity index (χ0n) is 8.40. The van der Waals surface area contributed by atoms with Crippen molar-refractivity contribution in [1.29, 1.82) is 0 Å². The van der Waals surface area contributed by atoms with Gasteiger partial charge in [-0.1, -0.05) is 27.5 Å². The monoisotopic (exact) mass is 326 g/mol. The van der Waals surface area contributed by atoms with E-state index < -0.39 is 30.4 Å². The van der Waals surface area contributed by atoms with Gasteiger partial charge < -0.3 is 15.3 Å². The third kappa shape index (κ3) is 3.64. The number of hydrogen-bond acceptors (Lipinski definition) is 3. The molecular formula is C10H9BrClFO4. The van der Waals surface area contributed by atoms with E-state index in [9.17, 15) is 19.4 Å². The molecule has 94 valence electrons. The predicted octanol–water partition coefficient (Wildman–Crippen LogP) is 2.11. The molecular weight excluding hydrogens is 318 g/mol. The molecule has 0 fully saturated rings. The minimum atomic E-state index is -1.64. The van der Waals surface area contributed by atoms with Crippen LogP contribution in [0, 0.1) is 5.82 Å². The van der Waals surface area contributed by atoms with Crippen LogP contribution < -0.4 is 0 Å². The maximum Gasteiger partial charge on any atom is 0.306 e. The van der Waals surface area contributed by atoms with Gasteiger partial charge in [0.1, 0.15) is 11.9 Å². The van der Waals surface area contributed by atoms with Crippen LogP contribution in [0.2, 0.25) is 5.02 Å².